The summed E-state index contributed by atoms with van der Waals surface area (Å²) in [7, 11) is 2.01. The zero-order valence-corrected chi connectivity index (χ0v) is 29.9. The van der Waals surface area contributed by atoms with Gasteiger partial charge in [0.2, 0.25) is 0 Å². The summed E-state index contributed by atoms with van der Waals surface area (Å²) < 4.78 is 13.2. The Labute approximate surface area is 309 Å². The highest BCUT2D eigenvalue weighted by atomic mass is 16.7. The summed E-state index contributed by atoms with van der Waals surface area (Å²) in [5, 5.41) is 23.7. The first-order valence-corrected chi connectivity index (χ1v) is 18.0. The van der Waals surface area contributed by atoms with Crippen LogP contribution in [0.25, 0.3) is 22.2 Å². The standard InChI is InChI=1S/C44H44N4O5/c1-29(42(50)33-10-4-3-5-11-33)48(2)27-36-24-41(32-18-16-30(28-49)17-19-32)53-44(52-36)34-22-20-31(21-23-34)37-13-7-6-12-35(37)25-46-43(51)40-26-45-38-14-8-9-15-39(38)47-40/h3-23,26,29,36,41-42,44,49-50H,24-25,27-28H2,1-2H3,(H,46,51)/t29-,36-,41+,42-,44+/m0/s1. The van der Waals surface area contributed by atoms with Crippen molar-refractivity contribution in [1.29, 1.82) is 0 Å². The number of para-hydroxylation sites is 2. The predicted octanol–water partition coefficient (Wildman–Crippen LogP) is 7.32. The van der Waals surface area contributed by atoms with Crippen molar-refractivity contribution in [2.75, 3.05) is 13.6 Å². The molecule has 5 aromatic carbocycles. The maximum atomic E-state index is 13.1. The van der Waals surface area contributed by atoms with E-state index in [0.29, 0.717) is 25.0 Å². The number of rotatable bonds is 12. The largest absolute Gasteiger partial charge is 0.392 e. The van der Waals surface area contributed by atoms with E-state index in [9.17, 15) is 15.0 Å². The van der Waals surface area contributed by atoms with E-state index in [4.69, 9.17) is 9.47 Å². The van der Waals surface area contributed by atoms with E-state index >= 15 is 0 Å². The van der Waals surface area contributed by atoms with E-state index < -0.39 is 12.4 Å². The first kappa shape index (κ1) is 36.1. The number of likely N-dealkylation sites (N-methyl/N-ethyl adjacent to an activating group) is 1. The quantitative estimate of drug-likeness (QED) is 0.121. The zero-order valence-electron chi connectivity index (χ0n) is 29.9. The molecule has 1 aliphatic rings. The van der Waals surface area contributed by atoms with Crippen molar-refractivity contribution in [2.45, 2.75) is 57.1 Å². The van der Waals surface area contributed by atoms with Crippen molar-refractivity contribution >= 4 is 16.9 Å². The number of benzene rings is 5. The second-order valence-electron chi connectivity index (χ2n) is 13.6. The number of aliphatic hydroxyl groups excluding tert-OH is 2. The number of hydrogen-bond donors (Lipinski definition) is 3. The molecule has 1 saturated heterocycles. The summed E-state index contributed by atoms with van der Waals surface area (Å²) in [5.74, 6) is -0.287. The number of nitrogens with zero attached hydrogens (tertiary/aromatic N) is 3. The van der Waals surface area contributed by atoms with Crippen molar-refractivity contribution in [3.8, 4) is 11.1 Å². The number of aliphatic hydroxyl groups is 2. The SMILES string of the molecule is C[C@@H]([C@H](O)c1ccccc1)N(C)C[C@@H]1C[C@H](c2ccc(CO)cc2)O[C@H](c2ccc(-c3ccccc3CNC(=O)c3cnc4ccccc4n3)cc2)O1. The van der Waals surface area contributed by atoms with E-state index in [-0.39, 0.29) is 36.5 Å². The molecule has 270 valence electrons. The van der Waals surface area contributed by atoms with Crippen LogP contribution in [0.1, 0.15) is 70.1 Å². The molecule has 0 radical (unpaired) electrons. The van der Waals surface area contributed by atoms with Gasteiger partial charge in [0.05, 0.1) is 42.1 Å². The van der Waals surface area contributed by atoms with E-state index in [2.05, 4.69) is 32.3 Å². The fraction of sp³-hybridized carbons (Fsp3) is 0.250. The maximum absolute atomic E-state index is 13.1. The lowest BCUT2D eigenvalue weighted by Gasteiger charge is -2.39. The predicted molar refractivity (Wildman–Crippen MR) is 205 cm³/mol. The van der Waals surface area contributed by atoms with Crippen LogP contribution in [0.3, 0.4) is 0 Å². The van der Waals surface area contributed by atoms with Crippen LogP contribution in [-0.2, 0) is 22.6 Å². The number of ether oxygens (including phenoxy) is 2. The normalized spacial score (nSPS) is 18.5. The van der Waals surface area contributed by atoms with Crippen LogP contribution in [0.5, 0.6) is 0 Å². The molecule has 1 amide bonds. The summed E-state index contributed by atoms with van der Waals surface area (Å²) >= 11 is 0. The van der Waals surface area contributed by atoms with E-state index in [1.807, 2.05) is 129 Å². The van der Waals surface area contributed by atoms with Crippen LogP contribution in [0, 0.1) is 0 Å². The number of hydrogen-bond acceptors (Lipinski definition) is 8. The van der Waals surface area contributed by atoms with Crippen LogP contribution in [-0.4, -0.2) is 56.7 Å². The summed E-state index contributed by atoms with van der Waals surface area (Å²) in [6, 6.07) is 41.1. The van der Waals surface area contributed by atoms with Crippen LogP contribution >= 0.6 is 0 Å². The molecule has 9 heteroatoms. The molecule has 53 heavy (non-hydrogen) atoms. The molecule has 9 nitrogen and oxygen atoms in total. The topological polar surface area (TPSA) is 117 Å². The molecular weight excluding hydrogens is 665 g/mol. The first-order chi connectivity index (χ1) is 25.9. The van der Waals surface area contributed by atoms with Crippen LogP contribution in [0.2, 0.25) is 0 Å². The summed E-state index contributed by atoms with van der Waals surface area (Å²) in [6.45, 7) is 2.92. The lowest BCUT2D eigenvalue weighted by atomic mass is 9.97. The second-order valence-corrected chi connectivity index (χ2v) is 13.6. The summed E-state index contributed by atoms with van der Waals surface area (Å²) in [6.07, 6.45) is 0.466. The Kier molecular flexibility index (Phi) is 11.3. The molecule has 5 atom stereocenters. The third-order valence-corrected chi connectivity index (χ3v) is 10.0. The minimum absolute atomic E-state index is 0.0203. The molecular formula is C44H44N4O5. The Bertz CT molecular complexity index is 2130. The van der Waals surface area contributed by atoms with Crippen molar-refractivity contribution in [2.24, 2.45) is 0 Å². The highest BCUT2D eigenvalue weighted by molar-refractivity contribution is 5.93. The van der Waals surface area contributed by atoms with Gasteiger partial charge in [0.25, 0.3) is 5.91 Å². The fourth-order valence-electron chi connectivity index (χ4n) is 6.80. The van der Waals surface area contributed by atoms with Gasteiger partial charge in [0.15, 0.2) is 6.29 Å². The molecule has 0 aliphatic carbocycles. The molecule has 7 rings (SSSR count). The van der Waals surface area contributed by atoms with Gasteiger partial charge in [-0.05, 0) is 59.5 Å². The van der Waals surface area contributed by atoms with Gasteiger partial charge >= 0.3 is 0 Å². The van der Waals surface area contributed by atoms with Crippen molar-refractivity contribution < 1.29 is 24.5 Å². The molecule has 6 aromatic rings. The molecule has 0 unspecified atom stereocenters. The first-order valence-electron chi connectivity index (χ1n) is 18.0. The Hall–Kier alpha value is -5.29. The van der Waals surface area contributed by atoms with Crippen LogP contribution < -0.4 is 5.32 Å². The molecule has 0 spiro atoms. The van der Waals surface area contributed by atoms with Gasteiger partial charge in [-0.3, -0.25) is 14.7 Å². The van der Waals surface area contributed by atoms with Crippen molar-refractivity contribution in [1.82, 2.24) is 20.2 Å². The molecule has 2 heterocycles. The molecule has 3 N–H and O–H groups in total. The Morgan fingerprint density at radius 1 is 0.849 bits per heavy atom. The highest BCUT2D eigenvalue weighted by Gasteiger charge is 2.34. The lowest BCUT2D eigenvalue weighted by Crippen LogP contribution is -2.43. The van der Waals surface area contributed by atoms with Gasteiger partial charge in [0.1, 0.15) is 5.69 Å². The molecule has 1 aliphatic heterocycles. The number of nitrogens with one attached hydrogen (secondary N) is 1. The fourth-order valence-corrected chi connectivity index (χ4v) is 6.80. The van der Waals surface area contributed by atoms with E-state index in [1.165, 1.54) is 6.20 Å². The van der Waals surface area contributed by atoms with Gasteiger partial charge in [0, 0.05) is 31.1 Å². The highest BCUT2D eigenvalue weighted by Crippen LogP contribution is 2.39. The Morgan fingerprint density at radius 2 is 1.53 bits per heavy atom. The molecule has 1 fully saturated rings. The van der Waals surface area contributed by atoms with Crippen molar-refractivity contribution in [3.05, 3.63) is 167 Å². The van der Waals surface area contributed by atoms with Crippen LogP contribution in [0.15, 0.2) is 134 Å². The number of amides is 1. The smallest absolute Gasteiger partial charge is 0.271 e. The van der Waals surface area contributed by atoms with Gasteiger partial charge in [-0.25, -0.2) is 4.98 Å². The number of aromatic nitrogens is 2. The summed E-state index contributed by atoms with van der Waals surface area (Å²) in [4.78, 5) is 24.1. The minimum atomic E-state index is -0.644. The number of carbonyl (C=O) groups excluding carboxylic acids is 1. The molecule has 1 aromatic heterocycles. The van der Waals surface area contributed by atoms with Gasteiger partial charge < -0.3 is 25.0 Å². The zero-order chi connectivity index (χ0) is 36.7. The lowest BCUT2D eigenvalue weighted by molar-refractivity contribution is -0.253. The number of carbonyl (C=O) groups is 1. The number of fused-ring (bicyclic) bond motifs is 1. The second kappa shape index (κ2) is 16.6. The third-order valence-electron chi connectivity index (χ3n) is 10.0. The van der Waals surface area contributed by atoms with E-state index in [1.54, 1.807) is 0 Å². The van der Waals surface area contributed by atoms with Crippen molar-refractivity contribution in [3.63, 3.8) is 0 Å². The Balaban J connectivity index is 1.07. The van der Waals surface area contributed by atoms with Crippen LogP contribution in [0.4, 0.5) is 0 Å². The van der Waals surface area contributed by atoms with Gasteiger partial charge in [-0.15, -0.1) is 0 Å². The summed E-state index contributed by atoms with van der Waals surface area (Å²) in [5.41, 5.74) is 8.27. The average Bonchev–Trinajstić information content (AvgIpc) is 3.22. The average molecular weight is 709 g/mol. The molecule has 0 bridgehead atoms. The van der Waals surface area contributed by atoms with Gasteiger partial charge in [-0.2, -0.15) is 0 Å². The minimum Gasteiger partial charge on any atom is -0.392 e. The third kappa shape index (κ3) is 8.52. The molecule has 0 saturated carbocycles. The Morgan fingerprint density at radius 3 is 2.28 bits per heavy atom. The monoisotopic (exact) mass is 708 g/mol. The van der Waals surface area contributed by atoms with Gasteiger partial charge in [-0.1, -0.05) is 115 Å². The maximum Gasteiger partial charge on any atom is 0.271 e. The van der Waals surface area contributed by atoms with E-state index in [0.717, 1.165) is 44.5 Å².